The molecular formula is C12H15BrO3. The molecule has 88 valence electrons. The molecule has 0 unspecified atom stereocenters. The monoisotopic (exact) mass is 286 g/mol. The van der Waals surface area contributed by atoms with Gasteiger partial charge in [-0.25, -0.2) is 0 Å². The van der Waals surface area contributed by atoms with E-state index in [1.165, 1.54) is 0 Å². The van der Waals surface area contributed by atoms with E-state index in [1.807, 2.05) is 18.2 Å². The maximum absolute atomic E-state index is 10.4. The molecule has 16 heavy (non-hydrogen) atoms. The summed E-state index contributed by atoms with van der Waals surface area (Å²) in [7, 11) is 0. The van der Waals surface area contributed by atoms with Gasteiger partial charge in [0.15, 0.2) is 0 Å². The molecule has 1 aromatic rings. The number of hydrogen-bond acceptors (Lipinski definition) is 2. The van der Waals surface area contributed by atoms with Crippen molar-refractivity contribution in [1.82, 2.24) is 0 Å². The van der Waals surface area contributed by atoms with E-state index < -0.39 is 5.97 Å². The summed E-state index contributed by atoms with van der Waals surface area (Å²) in [5.41, 5.74) is 1.08. The lowest BCUT2D eigenvalue weighted by Gasteiger charge is -2.13. The molecule has 0 aliphatic carbocycles. The van der Waals surface area contributed by atoms with Crippen LogP contribution in [0.1, 0.15) is 31.7 Å². The van der Waals surface area contributed by atoms with Gasteiger partial charge in [-0.15, -0.1) is 0 Å². The third kappa shape index (κ3) is 3.85. The fourth-order valence-electron chi connectivity index (χ4n) is 1.35. The Morgan fingerprint density at radius 3 is 2.75 bits per heavy atom. The molecule has 0 aliphatic rings. The molecule has 0 saturated carbocycles. The van der Waals surface area contributed by atoms with Gasteiger partial charge in [-0.3, -0.25) is 4.79 Å². The van der Waals surface area contributed by atoms with Crippen molar-refractivity contribution in [2.75, 3.05) is 6.61 Å². The Balaban J connectivity index is 2.74. The Morgan fingerprint density at radius 2 is 2.19 bits per heavy atom. The van der Waals surface area contributed by atoms with Gasteiger partial charge in [-0.1, -0.05) is 29.8 Å². The Bertz CT molecular complexity index is 375. The second kappa shape index (κ2) is 5.89. The first kappa shape index (κ1) is 13.0. The summed E-state index contributed by atoms with van der Waals surface area (Å²) in [6.45, 7) is 4.36. The molecule has 1 N–H and O–H groups in total. The lowest BCUT2D eigenvalue weighted by molar-refractivity contribution is -0.137. The van der Waals surface area contributed by atoms with Gasteiger partial charge in [0.25, 0.3) is 0 Å². The van der Waals surface area contributed by atoms with Crippen LogP contribution in [0.5, 0.6) is 5.75 Å². The lowest BCUT2D eigenvalue weighted by atomic mass is 10.0. The highest BCUT2D eigenvalue weighted by Gasteiger charge is 2.09. The SMILES string of the molecule is CC(C)c1cc(Br)ccc1OCCC(=O)O. The summed E-state index contributed by atoms with van der Waals surface area (Å²) in [5, 5.41) is 8.53. The normalized spacial score (nSPS) is 10.5. The third-order valence-corrected chi connectivity index (χ3v) is 2.66. The van der Waals surface area contributed by atoms with Crippen LogP contribution in [0.4, 0.5) is 0 Å². The van der Waals surface area contributed by atoms with E-state index in [4.69, 9.17) is 9.84 Å². The van der Waals surface area contributed by atoms with Crippen molar-refractivity contribution >= 4 is 21.9 Å². The number of hydrogen-bond donors (Lipinski definition) is 1. The minimum absolute atomic E-state index is 0.0214. The number of rotatable bonds is 5. The number of carboxylic acid groups (broad SMARTS) is 1. The first-order valence-electron chi connectivity index (χ1n) is 5.14. The van der Waals surface area contributed by atoms with Gasteiger partial charge in [-0.2, -0.15) is 0 Å². The number of halogens is 1. The highest BCUT2D eigenvalue weighted by atomic mass is 79.9. The molecule has 0 aliphatic heterocycles. The summed E-state index contributed by atoms with van der Waals surface area (Å²) in [5.74, 6) is 0.264. The average Bonchev–Trinajstić information content (AvgIpc) is 2.19. The van der Waals surface area contributed by atoms with Gasteiger partial charge in [-0.05, 0) is 29.7 Å². The summed E-state index contributed by atoms with van der Waals surface area (Å²) < 4.78 is 6.46. The topological polar surface area (TPSA) is 46.5 Å². The second-order valence-corrected chi connectivity index (χ2v) is 4.74. The van der Waals surface area contributed by atoms with Crippen molar-refractivity contribution in [3.05, 3.63) is 28.2 Å². The van der Waals surface area contributed by atoms with Crippen LogP contribution in [0.25, 0.3) is 0 Å². The molecule has 3 nitrogen and oxygen atoms in total. The zero-order valence-electron chi connectivity index (χ0n) is 9.37. The standard InChI is InChI=1S/C12H15BrO3/c1-8(2)10-7-9(13)3-4-11(10)16-6-5-12(14)15/h3-4,7-8H,5-6H2,1-2H3,(H,14,15). The average molecular weight is 287 g/mol. The van der Waals surface area contributed by atoms with E-state index in [2.05, 4.69) is 29.8 Å². The molecular weight excluding hydrogens is 272 g/mol. The van der Waals surface area contributed by atoms with Crippen LogP contribution >= 0.6 is 15.9 Å². The highest BCUT2D eigenvalue weighted by molar-refractivity contribution is 9.10. The maximum atomic E-state index is 10.4. The number of carboxylic acids is 1. The number of benzene rings is 1. The van der Waals surface area contributed by atoms with Crippen molar-refractivity contribution in [3.8, 4) is 5.75 Å². The minimum Gasteiger partial charge on any atom is -0.493 e. The maximum Gasteiger partial charge on any atom is 0.306 e. The van der Waals surface area contributed by atoms with Gasteiger partial charge >= 0.3 is 5.97 Å². The quantitative estimate of drug-likeness (QED) is 0.902. The molecule has 0 amide bonds. The number of ether oxygens (including phenoxy) is 1. The second-order valence-electron chi connectivity index (χ2n) is 3.83. The predicted octanol–water partition coefficient (Wildman–Crippen LogP) is 3.43. The molecule has 1 aromatic carbocycles. The van der Waals surface area contributed by atoms with E-state index in [1.54, 1.807) is 0 Å². The summed E-state index contributed by atoms with van der Waals surface area (Å²) in [6, 6.07) is 5.75. The summed E-state index contributed by atoms with van der Waals surface area (Å²) in [6.07, 6.45) is 0.0214. The van der Waals surface area contributed by atoms with Gasteiger partial charge in [0.05, 0.1) is 13.0 Å². The van der Waals surface area contributed by atoms with Crippen LogP contribution < -0.4 is 4.74 Å². The largest absolute Gasteiger partial charge is 0.493 e. The number of aliphatic carboxylic acids is 1. The Kier molecular flexibility index (Phi) is 4.80. The lowest BCUT2D eigenvalue weighted by Crippen LogP contribution is -2.06. The van der Waals surface area contributed by atoms with Crippen molar-refractivity contribution in [3.63, 3.8) is 0 Å². The van der Waals surface area contributed by atoms with E-state index in [9.17, 15) is 4.79 Å². The fraction of sp³-hybridized carbons (Fsp3) is 0.417. The summed E-state index contributed by atoms with van der Waals surface area (Å²) >= 11 is 3.41. The van der Waals surface area contributed by atoms with E-state index in [0.717, 1.165) is 15.8 Å². The third-order valence-electron chi connectivity index (χ3n) is 2.17. The predicted molar refractivity (Wildman–Crippen MR) is 66.0 cm³/mol. The Labute approximate surface area is 104 Å². The van der Waals surface area contributed by atoms with Crippen LogP contribution in [0.15, 0.2) is 22.7 Å². The van der Waals surface area contributed by atoms with Gasteiger partial charge in [0, 0.05) is 4.47 Å². The molecule has 0 atom stereocenters. The van der Waals surface area contributed by atoms with Crippen molar-refractivity contribution in [1.29, 1.82) is 0 Å². The first-order valence-corrected chi connectivity index (χ1v) is 5.94. The van der Waals surface area contributed by atoms with Crippen LogP contribution in [0.2, 0.25) is 0 Å². The Morgan fingerprint density at radius 1 is 1.50 bits per heavy atom. The summed E-state index contributed by atoms with van der Waals surface area (Å²) in [4.78, 5) is 10.4. The molecule has 0 aromatic heterocycles. The van der Waals surface area contributed by atoms with Crippen LogP contribution in [0, 0.1) is 0 Å². The van der Waals surface area contributed by atoms with E-state index in [-0.39, 0.29) is 13.0 Å². The van der Waals surface area contributed by atoms with Crippen LogP contribution in [-0.2, 0) is 4.79 Å². The molecule has 4 heteroatoms. The van der Waals surface area contributed by atoms with E-state index in [0.29, 0.717) is 5.92 Å². The van der Waals surface area contributed by atoms with Crippen LogP contribution in [0.3, 0.4) is 0 Å². The van der Waals surface area contributed by atoms with Crippen molar-refractivity contribution in [2.45, 2.75) is 26.2 Å². The molecule has 0 saturated heterocycles. The first-order chi connectivity index (χ1) is 7.50. The van der Waals surface area contributed by atoms with Crippen molar-refractivity contribution in [2.24, 2.45) is 0 Å². The van der Waals surface area contributed by atoms with Crippen molar-refractivity contribution < 1.29 is 14.6 Å². The molecule has 1 rings (SSSR count). The molecule has 0 radical (unpaired) electrons. The molecule has 0 spiro atoms. The zero-order valence-corrected chi connectivity index (χ0v) is 11.0. The molecule has 0 fully saturated rings. The van der Waals surface area contributed by atoms with Crippen LogP contribution in [-0.4, -0.2) is 17.7 Å². The van der Waals surface area contributed by atoms with Gasteiger partial charge < -0.3 is 9.84 Å². The number of carbonyl (C=O) groups is 1. The molecule has 0 heterocycles. The smallest absolute Gasteiger partial charge is 0.306 e. The minimum atomic E-state index is -0.844. The van der Waals surface area contributed by atoms with Gasteiger partial charge in [0.1, 0.15) is 5.75 Å². The molecule has 0 bridgehead atoms. The van der Waals surface area contributed by atoms with Gasteiger partial charge in [0.2, 0.25) is 0 Å². The Hall–Kier alpha value is -1.03. The highest BCUT2D eigenvalue weighted by Crippen LogP contribution is 2.29. The van der Waals surface area contributed by atoms with E-state index >= 15 is 0 Å². The fourth-order valence-corrected chi connectivity index (χ4v) is 1.73. The zero-order chi connectivity index (χ0) is 12.1.